The first-order valence-electron chi connectivity index (χ1n) is 6.81. The van der Waals surface area contributed by atoms with Crippen LogP contribution in [0.2, 0.25) is 0 Å². The molecule has 1 aromatic carbocycles. The van der Waals surface area contributed by atoms with E-state index in [0.29, 0.717) is 11.4 Å². The summed E-state index contributed by atoms with van der Waals surface area (Å²) in [7, 11) is 1.91. The van der Waals surface area contributed by atoms with E-state index in [1.807, 2.05) is 61.1 Å². The lowest BCUT2D eigenvalue weighted by Gasteiger charge is -1.96. The quantitative estimate of drug-likeness (QED) is 0.693. The fraction of sp³-hybridized carbons (Fsp3) is 0.118. The zero-order valence-corrected chi connectivity index (χ0v) is 12.3. The Morgan fingerprint density at radius 3 is 2.68 bits per heavy atom. The van der Waals surface area contributed by atoms with Crippen LogP contribution >= 0.6 is 0 Å². The molecular weight excluding hydrogens is 276 g/mol. The molecular formula is C17H14N4O. The summed E-state index contributed by atoms with van der Waals surface area (Å²) in [4.78, 5) is 4.31. The molecule has 0 amide bonds. The van der Waals surface area contributed by atoms with Gasteiger partial charge in [0, 0.05) is 24.5 Å². The van der Waals surface area contributed by atoms with Gasteiger partial charge < -0.3 is 9.09 Å². The summed E-state index contributed by atoms with van der Waals surface area (Å²) in [6, 6.07) is 13.7. The molecule has 108 valence electrons. The highest BCUT2D eigenvalue weighted by molar-refractivity contribution is 5.86. The van der Waals surface area contributed by atoms with E-state index < -0.39 is 0 Å². The second kappa shape index (κ2) is 5.70. The van der Waals surface area contributed by atoms with Gasteiger partial charge in [-0.05, 0) is 25.1 Å². The number of nitrogens with zero attached hydrogens (tertiary/aromatic N) is 4. The summed E-state index contributed by atoms with van der Waals surface area (Å²) in [6.07, 6.45) is 3.64. The fourth-order valence-corrected chi connectivity index (χ4v) is 2.07. The molecule has 0 saturated heterocycles. The van der Waals surface area contributed by atoms with Crippen molar-refractivity contribution in [2.24, 2.45) is 7.05 Å². The van der Waals surface area contributed by atoms with Gasteiger partial charge >= 0.3 is 0 Å². The average molecular weight is 290 g/mol. The van der Waals surface area contributed by atoms with Crippen molar-refractivity contribution in [3.8, 4) is 17.5 Å². The van der Waals surface area contributed by atoms with Gasteiger partial charge in [-0.3, -0.25) is 0 Å². The third-order valence-electron chi connectivity index (χ3n) is 3.36. The highest BCUT2D eigenvalue weighted by Gasteiger charge is 2.13. The van der Waals surface area contributed by atoms with Crippen LogP contribution in [0.25, 0.3) is 23.0 Å². The zero-order valence-electron chi connectivity index (χ0n) is 12.3. The second-order valence-electron chi connectivity index (χ2n) is 5.00. The van der Waals surface area contributed by atoms with Crippen LogP contribution in [0.4, 0.5) is 0 Å². The van der Waals surface area contributed by atoms with E-state index in [0.717, 1.165) is 16.8 Å². The number of aryl methyl sites for hydroxylation is 2. The molecule has 0 saturated carbocycles. The SMILES string of the molecule is Cc1ccc(-c2noc(C(C#N)=Cc3cccn3C)n2)cc1. The normalized spacial score (nSPS) is 11.4. The minimum atomic E-state index is 0.222. The molecule has 0 fully saturated rings. The number of allylic oxidation sites excluding steroid dienone is 1. The van der Waals surface area contributed by atoms with Crippen LogP contribution < -0.4 is 0 Å². The van der Waals surface area contributed by atoms with Crippen molar-refractivity contribution in [2.45, 2.75) is 6.92 Å². The van der Waals surface area contributed by atoms with Gasteiger partial charge in [0.2, 0.25) is 5.82 Å². The molecule has 3 aromatic rings. The monoisotopic (exact) mass is 290 g/mol. The summed E-state index contributed by atoms with van der Waals surface area (Å²) in [5.41, 5.74) is 3.25. The molecule has 5 nitrogen and oxygen atoms in total. The summed E-state index contributed by atoms with van der Waals surface area (Å²) in [5.74, 6) is 0.697. The van der Waals surface area contributed by atoms with Gasteiger partial charge in [-0.15, -0.1) is 0 Å². The van der Waals surface area contributed by atoms with E-state index in [-0.39, 0.29) is 5.89 Å². The summed E-state index contributed by atoms with van der Waals surface area (Å²) in [6.45, 7) is 2.02. The Morgan fingerprint density at radius 2 is 2.05 bits per heavy atom. The Kier molecular flexibility index (Phi) is 3.58. The molecule has 0 aliphatic heterocycles. The molecule has 0 N–H and O–H groups in total. The van der Waals surface area contributed by atoms with Crippen molar-refractivity contribution >= 4 is 11.6 Å². The van der Waals surface area contributed by atoms with E-state index in [1.54, 1.807) is 6.08 Å². The lowest BCUT2D eigenvalue weighted by molar-refractivity contribution is 0.409. The molecule has 0 spiro atoms. The van der Waals surface area contributed by atoms with E-state index in [1.165, 1.54) is 0 Å². The Labute approximate surface area is 128 Å². The van der Waals surface area contributed by atoms with Crippen LogP contribution in [0.15, 0.2) is 47.1 Å². The van der Waals surface area contributed by atoms with Crippen LogP contribution in [0, 0.1) is 18.3 Å². The van der Waals surface area contributed by atoms with Gasteiger partial charge in [0.1, 0.15) is 11.6 Å². The predicted molar refractivity (Wildman–Crippen MR) is 83.4 cm³/mol. The van der Waals surface area contributed by atoms with Crippen LogP contribution in [-0.2, 0) is 7.05 Å². The number of benzene rings is 1. The number of hydrogen-bond acceptors (Lipinski definition) is 4. The maximum absolute atomic E-state index is 9.33. The first kappa shape index (κ1) is 13.8. The molecule has 3 rings (SSSR count). The predicted octanol–water partition coefficient (Wildman–Crippen LogP) is 3.45. The lowest BCUT2D eigenvalue weighted by atomic mass is 10.1. The number of hydrogen-bond donors (Lipinski definition) is 0. The van der Waals surface area contributed by atoms with Crippen molar-refractivity contribution in [2.75, 3.05) is 0 Å². The third-order valence-corrected chi connectivity index (χ3v) is 3.36. The summed E-state index contributed by atoms with van der Waals surface area (Å²) >= 11 is 0. The molecule has 0 unspecified atom stereocenters. The van der Waals surface area contributed by atoms with Crippen molar-refractivity contribution in [1.82, 2.24) is 14.7 Å². The first-order chi connectivity index (χ1) is 10.7. The molecule has 0 aliphatic carbocycles. The van der Waals surface area contributed by atoms with Gasteiger partial charge in [0.05, 0.1) is 0 Å². The van der Waals surface area contributed by atoms with Gasteiger partial charge in [-0.2, -0.15) is 10.2 Å². The minimum Gasteiger partial charge on any atom is -0.351 e. The van der Waals surface area contributed by atoms with Crippen LogP contribution in [0.3, 0.4) is 0 Å². The number of nitriles is 1. The van der Waals surface area contributed by atoms with Crippen molar-refractivity contribution < 1.29 is 4.52 Å². The Balaban J connectivity index is 1.95. The Morgan fingerprint density at radius 1 is 1.27 bits per heavy atom. The van der Waals surface area contributed by atoms with Crippen LogP contribution in [0.5, 0.6) is 0 Å². The van der Waals surface area contributed by atoms with Gasteiger partial charge in [-0.25, -0.2) is 0 Å². The van der Waals surface area contributed by atoms with Gasteiger partial charge in [0.15, 0.2) is 0 Å². The minimum absolute atomic E-state index is 0.222. The maximum atomic E-state index is 9.33. The molecule has 0 bridgehead atoms. The largest absolute Gasteiger partial charge is 0.351 e. The average Bonchev–Trinajstić information content (AvgIpc) is 3.15. The molecule has 5 heteroatoms. The number of rotatable bonds is 3. The van der Waals surface area contributed by atoms with Crippen molar-refractivity contribution in [1.29, 1.82) is 5.26 Å². The fourth-order valence-electron chi connectivity index (χ4n) is 2.07. The maximum Gasteiger partial charge on any atom is 0.268 e. The van der Waals surface area contributed by atoms with Crippen molar-refractivity contribution in [3.63, 3.8) is 0 Å². The zero-order chi connectivity index (χ0) is 15.5. The molecule has 0 radical (unpaired) electrons. The second-order valence-corrected chi connectivity index (χ2v) is 5.00. The summed E-state index contributed by atoms with van der Waals surface area (Å²) in [5, 5.41) is 13.3. The smallest absolute Gasteiger partial charge is 0.268 e. The first-order valence-corrected chi connectivity index (χ1v) is 6.81. The van der Waals surface area contributed by atoms with E-state index >= 15 is 0 Å². The topological polar surface area (TPSA) is 67.6 Å². The van der Waals surface area contributed by atoms with E-state index in [2.05, 4.69) is 16.2 Å². The van der Waals surface area contributed by atoms with E-state index in [9.17, 15) is 5.26 Å². The van der Waals surface area contributed by atoms with Gasteiger partial charge in [-0.1, -0.05) is 35.0 Å². The molecule has 2 aromatic heterocycles. The summed E-state index contributed by atoms with van der Waals surface area (Å²) < 4.78 is 7.14. The standard InChI is InChI=1S/C17H14N4O/c1-12-5-7-13(8-6-12)16-19-17(22-20-16)14(11-18)10-15-4-3-9-21(15)2/h3-10H,1-2H3. The highest BCUT2D eigenvalue weighted by atomic mass is 16.5. The van der Waals surface area contributed by atoms with Crippen molar-refractivity contribution in [3.05, 3.63) is 59.7 Å². The third kappa shape index (κ3) is 2.67. The Bertz CT molecular complexity index is 863. The van der Waals surface area contributed by atoms with Crippen LogP contribution in [0.1, 0.15) is 17.1 Å². The number of aromatic nitrogens is 3. The molecule has 0 atom stereocenters. The highest BCUT2D eigenvalue weighted by Crippen LogP contribution is 2.21. The molecule has 0 aliphatic rings. The van der Waals surface area contributed by atoms with E-state index in [4.69, 9.17) is 4.52 Å². The van der Waals surface area contributed by atoms with Crippen LogP contribution in [-0.4, -0.2) is 14.7 Å². The molecule has 2 heterocycles. The molecule has 22 heavy (non-hydrogen) atoms. The van der Waals surface area contributed by atoms with Gasteiger partial charge in [0.25, 0.3) is 5.89 Å². The lowest BCUT2D eigenvalue weighted by Crippen LogP contribution is -1.89. The Hall–Kier alpha value is -3.13.